The summed E-state index contributed by atoms with van der Waals surface area (Å²) < 4.78 is 0. The molecule has 3 amide bonds. The maximum Gasteiger partial charge on any atom is 0.318 e. The zero-order chi connectivity index (χ0) is 22.0. The Morgan fingerprint density at radius 1 is 1.19 bits per heavy atom. The highest BCUT2D eigenvalue weighted by atomic mass is 16.3. The molecule has 2 heterocycles. The SMILES string of the molecule is CC(C)C#Cc1ccc([C@@H]2[C@H]3CN(C(=O)NC4CCCCC4)CC(=O)N3[C@H]2CO)cc1. The highest BCUT2D eigenvalue weighted by molar-refractivity contribution is 5.87. The van der Waals surface area contributed by atoms with E-state index in [1.807, 2.05) is 24.3 Å². The van der Waals surface area contributed by atoms with Crippen LogP contribution < -0.4 is 5.32 Å². The lowest BCUT2D eigenvalue weighted by Gasteiger charge is -2.58. The van der Waals surface area contributed by atoms with Gasteiger partial charge < -0.3 is 20.2 Å². The van der Waals surface area contributed by atoms with Gasteiger partial charge in [-0.1, -0.05) is 57.1 Å². The predicted molar refractivity (Wildman–Crippen MR) is 119 cm³/mol. The van der Waals surface area contributed by atoms with E-state index in [0.717, 1.165) is 36.8 Å². The van der Waals surface area contributed by atoms with Gasteiger partial charge in [0.05, 0.1) is 18.7 Å². The van der Waals surface area contributed by atoms with Crippen LogP contribution in [0.1, 0.15) is 63.0 Å². The number of piperazine rings is 1. The lowest BCUT2D eigenvalue weighted by atomic mass is 9.73. The number of nitrogens with one attached hydrogen (secondary N) is 1. The third-order valence-electron chi connectivity index (χ3n) is 6.77. The summed E-state index contributed by atoms with van der Waals surface area (Å²) in [5.41, 5.74) is 2.04. The predicted octanol–water partition coefficient (Wildman–Crippen LogP) is 2.71. The van der Waals surface area contributed by atoms with Crippen molar-refractivity contribution in [1.82, 2.24) is 15.1 Å². The van der Waals surface area contributed by atoms with E-state index in [-0.39, 0.29) is 49.1 Å². The van der Waals surface area contributed by atoms with Gasteiger partial charge in [0.1, 0.15) is 6.54 Å². The average Bonchev–Trinajstić information content (AvgIpc) is 2.75. The van der Waals surface area contributed by atoms with E-state index in [2.05, 4.69) is 31.0 Å². The lowest BCUT2D eigenvalue weighted by molar-refractivity contribution is -0.159. The molecule has 6 nitrogen and oxygen atoms in total. The van der Waals surface area contributed by atoms with Crippen LogP contribution in [0.15, 0.2) is 24.3 Å². The largest absolute Gasteiger partial charge is 0.394 e. The molecule has 1 aromatic carbocycles. The Morgan fingerprint density at radius 3 is 2.55 bits per heavy atom. The third kappa shape index (κ3) is 4.57. The first kappa shape index (κ1) is 21.7. The zero-order valence-corrected chi connectivity index (χ0v) is 18.5. The van der Waals surface area contributed by atoms with Crippen molar-refractivity contribution in [2.45, 2.75) is 70.0 Å². The first-order valence-electron chi connectivity index (χ1n) is 11.6. The number of hydrogen-bond donors (Lipinski definition) is 2. The Morgan fingerprint density at radius 2 is 1.90 bits per heavy atom. The Hall–Kier alpha value is -2.52. The van der Waals surface area contributed by atoms with Crippen molar-refractivity contribution in [2.75, 3.05) is 19.7 Å². The summed E-state index contributed by atoms with van der Waals surface area (Å²) in [6, 6.07) is 7.85. The van der Waals surface area contributed by atoms with Crippen molar-refractivity contribution >= 4 is 11.9 Å². The number of aliphatic hydroxyl groups excluding tert-OH is 1. The number of fused-ring (bicyclic) bond motifs is 1. The van der Waals surface area contributed by atoms with Gasteiger partial charge in [0.2, 0.25) is 5.91 Å². The minimum Gasteiger partial charge on any atom is -0.394 e. The summed E-state index contributed by atoms with van der Waals surface area (Å²) in [7, 11) is 0. The van der Waals surface area contributed by atoms with Crippen LogP contribution in [0.5, 0.6) is 0 Å². The van der Waals surface area contributed by atoms with Crippen molar-refractivity contribution in [3.05, 3.63) is 35.4 Å². The molecule has 4 rings (SSSR count). The number of aliphatic hydroxyl groups is 1. The number of nitrogens with zero attached hydrogens (tertiary/aromatic N) is 2. The van der Waals surface area contributed by atoms with Gasteiger partial charge in [-0.25, -0.2) is 4.79 Å². The van der Waals surface area contributed by atoms with Crippen molar-refractivity contribution in [3.63, 3.8) is 0 Å². The van der Waals surface area contributed by atoms with Crippen LogP contribution in [0.25, 0.3) is 0 Å². The second kappa shape index (κ2) is 9.32. The molecule has 0 aromatic heterocycles. The summed E-state index contributed by atoms with van der Waals surface area (Å²) in [4.78, 5) is 29.1. The molecular weight excluding hydrogens is 390 g/mol. The molecule has 1 aromatic rings. The average molecular weight is 424 g/mol. The van der Waals surface area contributed by atoms with Crippen LogP contribution in [0.2, 0.25) is 0 Å². The monoisotopic (exact) mass is 423 g/mol. The molecule has 0 unspecified atom stereocenters. The molecule has 3 fully saturated rings. The molecule has 1 aliphatic carbocycles. The molecule has 0 bridgehead atoms. The molecule has 3 aliphatic rings. The fourth-order valence-corrected chi connectivity index (χ4v) is 5.18. The van der Waals surface area contributed by atoms with Crippen LogP contribution in [-0.4, -0.2) is 64.7 Å². The molecule has 2 N–H and O–H groups in total. The zero-order valence-electron chi connectivity index (χ0n) is 18.5. The second-order valence-corrected chi connectivity index (χ2v) is 9.36. The number of hydrogen-bond acceptors (Lipinski definition) is 3. The van der Waals surface area contributed by atoms with Crippen LogP contribution in [0.3, 0.4) is 0 Å². The van der Waals surface area contributed by atoms with E-state index in [1.165, 1.54) is 6.42 Å². The molecule has 166 valence electrons. The van der Waals surface area contributed by atoms with Crippen LogP contribution in [-0.2, 0) is 4.79 Å². The van der Waals surface area contributed by atoms with Gasteiger partial charge >= 0.3 is 6.03 Å². The number of carbonyl (C=O) groups is 2. The summed E-state index contributed by atoms with van der Waals surface area (Å²) in [5.74, 6) is 6.60. The van der Waals surface area contributed by atoms with Crippen molar-refractivity contribution in [3.8, 4) is 11.8 Å². The molecule has 2 aliphatic heterocycles. The number of rotatable bonds is 3. The van der Waals surface area contributed by atoms with E-state index in [1.54, 1.807) is 9.80 Å². The van der Waals surface area contributed by atoms with Gasteiger partial charge in [-0.2, -0.15) is 0 Å². The van der Waals surface area contributed by atoms with Gasteiger partial charge in [-0.05, 0) is 30.5 Å². The highest BCUT2D eigenvalue weighted by Gasteiger charge is 2.54. The van der Waals surface area contributed by atoms with Crippen molar-refractivity contribution < 1.29 is 14.7 Å². The first-order valence-corrected chi connectivity index (χ1v) is 11.6. The Balaban J connectivity index is 1.46. The van der Waals surface area contributed by atoms with Gasteiger partial charge in [0.25, 0.3) is 0 Å². The molecule has 1 saturated carbocycles. The topological polar surface area (TPSA) is 72.9 Å². The Bertz CT molecular complexity index is 864. The molecule has 2 saturated heterocycles. The molecular formula is C25H33N3O3. The van der Waals surface area contributed by atoms with Gasteiger partial charge in [0, 0.05) is 30.0 Å². The number of amides is 3. The molecule has 0 radical (unpaired) electrons. The van der Waals surface area contributed by atoms with E-state index in [9.17, 15) is 14.7 Å². The first-order chi connectivity index (χ1) is 15.0. The Kier molecular flexibility index (Phi) is 6.52. The van der Waals surface area contributed by atoms with Crippen molar-refractivity contribution in [2.24, 2.45) is 5.92 Å². The summed E-state index contributed by atoms with van der Waals surface area (Å²) in [6.45, 7) is 4.64. The molecule has 31 heavy (non-hydrogen) atoms. The number of carbonyl (C=O) groups excluding carboxylic acids is 2. The minimum absolute atomic E-state index is 0.0198. The quantitative estimate of drug-likeness (QED) is 0.735. The van der Waals surface area contributed by atoms with E-state index < -0.39 is 0 Å². The maximum atomic E-state index is 12.8. The Labute approximate surface area is 185 Å². The molecule has 3 atom stereocenters. The normalized spacial score (nSPS) is 26.1. The van der Waals surface area contributed by atoms with E-state index >= 15 is 0 Å². The number of benzene rings is 1. The van der Waals surface area contributed by atoms with Gasteiger partial charge in [-0.15, -0.1) is 0 Å². The van der Waals surface area contributed by atoms with E-state index in [0.29, 0.717) is 12.5 Å². The molecule has 6 heteroatoms. The summed E-state index contributed by atoms with van der Waals surface area (Å²) in [5, 5.41) is 13.1. The lowest BCUT2D eigenvalue weighted by Crippen LogP contribution is -2.74. The maximum absolute atomic E-state index is 12.8. The smallest absolute Gasteiger partial charge is 0.318 e. The van der Waals surface area contributed by atoms with Crippen LogP contribution in [0.4, 0.5) is 4.79 Å². The van der Waals surface area contributed by atoms with Gasteiger partial charge in [0.15, 0.2) is 0 Å². The fraction of sp³-hybridized carbons (Fsp3) is 0.600. The van der Waals surface area contributed by atoms with Crippen LogP contribution in [0, 0.1) is 17.8 Å². The summed E-state index contributed by atoms with van der Waals surface area (Å²) in [6.07, 6.45) is 5.57. The van der Waals surface area contributed by atoms with Crippen molar-refractivity contribution in [1.29, 1.82) is 0 Å². The highest BCUT2D eigenvalue weighted by Crippen LogP contribution is 2.42. The number of urea groups is 1. The summed E-state index contributed by atoms with van der Waals surface area (Å²) >= 11 is 0. The molecule has 0 spiro atoms. The third-order valence-corrected chi connectivity index (χ3v) is 6.77. The van der Waals surface area contributed by atoms with Crippen LogP contribution >= 0.6 is 0 Å². The fourth-order valence-electron chi connectivity index (χ4n) is 5.18. The minimum atomic E-state index is -0.228. The second-order valence-electron chi connectivity index (χ2n) is 9.36. The van der Waals surface area contributed by atoms with Gasteiger partial charge in [-0.3, -0.25) is 4.79 Å². The van der Waals surface area contributed by atoms with E-state index in [4.69, 9.17) is 0 Å². The standard InChI is InChI=1S/C25H33N3O3/c1-17(2)8-9-18-10-12-19(13-11-18)24-21-14-27(15-23(30)28(21)22(24)16-29)25(31)26-20-6-4-3-5-7-20/h10-13,17,20-22,24,29H,3-7,14-16H2,1-2H3,(H,26,31)/t21-,22+,24-/m1/s1.